The van der Waals surface area contributed by atoms with Gasteiger partial charge < -0.3 is 10.1 Å². The van der Waals surface area contributed by atoms with Crippen molar-refractivity contribution in [3.63, 3.8) is 0 Å². The third kappa shape index (κ3) is 5.65. The number of rotatable bonds is 8. The summed E-state index contributed by atoms with van der Waals surface area (Å²) in [5, 5.41) is 6.08. The molecule has 0 atom stereocenters. The van der Waals surface area contributed by atoms with Gasteiger partial charge >= 0.3 is 5.97 Å². The Balaban J connectivity index is 1.70. The van der Waals surface area contributed by atoms with Crippen molar-refractivity contribution in [2.75, 3.05) is 17.7 Å². The van der Waals surface area contributed by atoms with E-state index >= 15 is 0 Å². The minimum atomic E-state index is -0.436. The van der Waals surface area contributed by atoms with Crippen molar-refractivity contribution in [1.82, 2.24) is 9.97 Å². The monoisotopic (exact) mass is 427 g/mol. The molecule has 6 nitrogen and oxygen atoms in total. The topological polar surface area (TPSA) is 81.2 Å². The Morgan fingerprint density at radius 2 is 2.00 bits per heavy atom. The van der Waals surface area contributed by atoms with Crippen LogP contribution in [0.25, 0.3) is 11.1 Å². The van der Waals surface area contributed by atoms with Crippen LogP contribution in [0.5, 0.6) is 0 Å². The van der Waals surface area contributed by atoms with Crippen molar-refractivity contribution in [3.8, 4) is 11.1 Å². The molecule has 3 rings (SSSR count). The predicted octanol–water partition coefficient (Wildman–Crippen LogP) is 4.81. The van der Waals surface area contributed by atoms with Gasteiger partial charge in [0, 0.05) is 28.8 Å². The largest absolute Gasteiger partial charge is 0.462 e. The maximum atomic E-state index is 12.5. The number of carbonyl (C=O) groups excluding carboxylic acids is 2. The second kappa shape index (κ2) is 10.2. The highest BCUT2D eigenvalue weighted by molar-refractivity contribution is 7.99. The number of nitrogens with zero attached hydrogens (tertiary/aromatic N) is 2. The van der Waals surface area contributed by atoms with Crippen LogP contribution in [-0.4, -0.2) is 34.2 Å². The lowest BCUT2D eigenvalue weighted by atomic mass is 10.0. The average molecular weight is 428 g/mol. The Labute approximate surface area is 177 Å². The van der Waals surface area contributed by atoms with Gasteiger partial charge in [-0.25, -0.2) is 14.8 Å². The molecule has 3 aromatic rings. The van der Waals surface area contributed by atoms with Crippen LogP contribution < -0.4 is 5.32 Å². The lowest BCUT2D eigenvalue weighted by Crippen LogP contribution is -2.15. The fourth-order valence-corrected chi connectivity index (χ4v) is 4.48. The van der Waals surface area contributed by atoms with Gasteiger partial charge in [-0.2, -0.15) is 0 Å². The first-order valence-electron chi connectivity index (χ1n) is 9.13. The van der Waals surface area contributed by atoms with Crippen molar-refractivity contribution in [3.05, 3.63) is 59.4 Å². The molecule has 150 valence electrons. The second-order valence-electron chi connectivity index (χ2n) is 6.08. The number of amides is 1. The van der Waals surface area contributed by atoms with Crippen molar-refractivity contribution >= 4 is 40.0 Å². The molecule has 0 aliphatic heterocycles. The van der Waals surface area contributed by atoms with E-state index in [1.807, 2.05) is 48.7 Å². The number of hydrogen-bond donors (Lipinski definition) is 1. The lowest BCUT2D eigenvalue weighted by Gasteiger charge is -2.09. The van der Waals surface area contributed by atoms with Gasteiger partial charge in [0.25, 0.3) is 0 Å². The van der Waals surface area contributed by atoms with E-state index in [1.165, 1.54) is 29.4 Å². The molecule has 0 fully saturated rings. The number of esters is 1. The highest BCUT2D eigenvalue weighted by Gasteiger charge is 2.22. The van der Waals surface area contributed by atoms with E-state index < -0.39 is 5.97 Å². The summed E-state index contributed by atoms with van der Waals surface area (Å²) in [5.74, 6) is -0.0162. The van der Waals surface area contributed by atoms with Crippen LogP contribution in [0.4, 0.5) is 5.00 Å². The first-order chi connectivity index (χ1) is 14.1. The number of anilines is 1. The Morgan fingerprint density at radius 3 is 2.72 bits per heavy atom. The molecule has 8 heteroatoms. The summed E-state index contributed by atoms with van der Waals surface area (Å²) in [4.78, 5) is 33.2. The first kappa shape index (κ1) is 21.0. The fraction of sp³-hybridized carbons (Fsp3) is 0.238. The molecule has 1 amide bonds. The normalized spacial score (nSPS) is 10.6. The number of hydrogen-bond acceptors (Lipinski definition) is 7. The quantitative estimate of drug-likeness (QED) is 0.316. The predicted molar refractivity (Wildman–Crippen MR) is 116 cm³/mol. The zero-order chi connectivity index (χ0) is 20.6. The minimum absolute atomic E-state index is 0.157. The number of thiophene rings is 1. The zero-order valence-corrected chi connectivity index (χ0v) is 17.8. The molecular weight excluding hydrogens is 406 g/mol. The molecular formula is C21H21N3O3S2. The highest BCUT2D eigenvalue weighted by Crippen LogP contribution is 2.36. The summed E-state index contributed by atoms with van der Waals surface area (Å²) in [5.41, 5.74) is 2.95. The summed E-state index contributed by atoms with van der Waals surface area (Å²) < 4.78 is 5.22. The van der Waals surface area contributed by atoms with Crippen LogP contribution in [0, 0.1) is 6.92 Å². The van der Waals surface area contributed by atoms with E-state index in [4.69, 9.17) is 4.74 Å². The standard InChI is InChI=1S/C21H21N3O3S2/c1-3-27-21(26)19-16(15-7-5-4-6-8-15)12-29-20(19)24-17(25)9-10-28-18-11-14(2)22-13-23-18/h4-8,11-13H,3,9-10H2,1-2H3,(H,24,25). The first-order valence-corrected chi connectivity index (χ1v) is 11.0. The summed E-state index contributed by atoms with van der Waals surface area (Å²) in [6.45, 7) is 3.93. The zero-order valence-electron chi connectivity index (χ0n) is 16.2. The number of aryl methyl sites for hydroxylation is 1. The fourth-order valence-electron chi connectivity index (χ4n) is 2.63. The number of carbonyl (C=O) groups is 2. The van der Waals surface area contributed by atoms with Crippen LogP contribution in [0.2, 0.25) is 0 Å². The van der Waals surface area contributed by atoms with Gasteiger partial charge in [0.15, 0.2) is 0 Å². The summed E-state index contributed by atoms with van der Waals surface area (Å²) >= 11 is 2.82. The second-order valence-corrected chi connectivity index (χ2v) is 8.08. The Hall–Kier alpha value is -2.71. The summed E-state index contributed by atoms with van der Waals surface area (Å²) in [6, 6.07) is 11.5. The third-order valence-electron chi connectivity index (χ3n) is 3.97. The van der Waals surface area contributed by atoms with Gasteiger partial charge in [-0.1, -0.05) is 30.3 Å². The molecule has 0 saturated carbocycles. The van der Waals surface area contributed by atoms with E-state index in [1.54, 1.807) is 6.92 Å². The Morgan fingerprint density at radius 1 is 1.21 bits per heavy atom. The molecule has 2 aromatic heterocycles. The molecule has 0 aliphatic rings. The molecule has 1 aromatic carbocycles. The minimum Gasteiger partial charge on any atom is -0.462 e. The molecule has 0 aliphatic carbocycles. The third-order valence-corrected chi connectivity index (χ3v) is 5.79. The van der Waals surface area contributed by atoms with Crippen LogP contribution in [0.3, 0.4) is 0 Å². The van der Waals surface area contributed by atoms with Crippen LogP contribution in [0.1, 0.15) is 29.4 Å². The van der Waals surface area contributed by atoms with Crippen LogP contribution in [-0.2, 0) is 9.53 Å². The van der Waals surface area contributed by atoms with Crippen molar-refractivity contribution in [2.45, 2.75) is 25.3 Å². The smallest absolute Gasteiger partial charge is 0.341 e. The summed E-state index contributed by atoms with van der Waals surface area (Å²) in [7, 11) is 0. The van der Waals surface area contributed by atoms with Crippen molar-refractivity contribution < 1.29 is 14.3 Å². The Kier molecular flexibility index (Phi) is 7.37. The van der Waals surface area contributed by atoms with Gasteiger partial charge in [0.05, 0.1) is 11.6 Å². The number of ether oxygens (including phenoxy) is 1. The van der Waals surface area contributed by atoms with Gasteiger partial charge in [-0.15, -0.1) is 23.1 Å². The maximum absolute atomic E-state index is 12.5. The number of thioether (sulfide) groups is 1. The molecule has 0 saturated heterocycles. The molecule has 0 unspecified atom stereocenters. The number of nitrogens with one attached hydrogen (secondary N) is 1. The van der Waals surface area contributed by atoms with Gasteiger partial charge in [0.1, 0.15) is 16.9 Å². The van der Waals surface area contributed by atoms with Crippen LogP contribution in [0.15, 0.2) is 53.1 Å². The van der Waals surface area contributed by atoms with Crippen molar-refractivity contribution in [2.24, 2.45) is 0 Å². The number of aromatic nitrogens is 2. The van der Waals surface area contributed by atoms with Crippen molar-refractivity contribution in [1.29, 1.82) is 0 Å². The van der Waals surface area contributed by atoms with E-state index in [9.17, 15) is 9.59 Å². The molecule has 0 spiro atoms. The Bertz CT molecular complexity index is 990. The summed E-state index contributed by atoms with van der Waals surface area (Å²) in [6.07, 6.45) is 1.81. The molecule has 2 heterocycles. The molecule has 0 radical (unpaired) electrons. The van der Waals surface area contributed by atoms with Gasteiger partial charge in [-0.05, 0) is 25.5 Å². The molecule has 0 bridgehead atoms. The number of benzene rings is 1. The highest BCUT2D eigenvalue weighted by atomic mass is 32.2. The molecule has 1 N–H and O–H groups in total. The van der Waals surface area contributed by atoms with E-state index in [0.717, 1.165) is 21.8 Å². The van der Waals surface area contributed by atoms with Gasteiger partial charge in [-0.3, -0.25) is 4.79 Å². The average Bonchev–Trinajstić information content (AvgIpc) is 3.12. The maximum Gasteiger partial charge on any atom is 0.341 e. The lowest BCUT2D eigenvalue weighted by molar-refractivity contribution is -0.115. The van der Waals surface area contributed by atoms with E-state index in [-0.39, 0.29) is 12.5 Å². The van der Waals surface area contributed by atoms with Gasteiger partial charge in [0.2, 0.25) is 5.91 Å². The van der Waals surface area contributed by atoms with E-state index in [0.29, 0.717) is 22.7 Å². The van der Waals surface area contributed by atoms with E-state index in [2.05, 4.69) is 15.3 Å². The van der Waals surface area contributed by atoms with Crippen LogP contribution >= 0.6 is 23.1 Å². The molecule has 29 heavy (non-hydrogen) atoms. The SMILES string of the molecule is CCOC(=O)c1c(-c2ccccc2)csc1NC(=O)CCSc1cc(C)ncn1.